The number of phenols is 1. The summed E-state index contributed by atoms with van der Waals surface area (Å²) in [5, 5.41) is 25.4. The van der Waals surface area contributed by atoms with Gasteiger partial charge in [-0.2, -0.15) is 0 Å². The number of aliphatic hydroxyl groups is 1. The number of morpholine rings is 1. The van der Waals surface area contributed by atoms with Gasteiger partial charge in [-0.3, -0.25) is 19.3 Å². The molecule has 4 heterocycles. The van der Waals surface area contributed by atoms with Crippen LogP contribution in [0.3, 0.4) is 0 Å². The number of likely N-dealkylation sites (tertiary alicyclic amines) is 1. The lowest BCUT2D eigenvalue weighted by Crippen LogP contribution is -2.58. The van der Waals surface area contributed by atoms with E-state index in [0.29, 0.717) is 42.6 Å². The third kappa shape index (κ3) is 8.78. The zero-order valence-electron chi connectivity index (χ0n) is 39.6. The van der Waals surface area contributed by atoms with E-state index in [2.05, 4.69) is 17.2 Å². The molecule has 0 bridgehead atoms. The summed E-state index contributed by atoms with van der Waals surface area (Å²) in [5.41, 5.74) is -0.434. The fraction of sp³-hybridized carbons (Fsp3) is 0.446. The second kappa shape index (κ2) is 19.9. The Kier molecular flexibility index (Phi) is 13.7. The first-order valence-corrected chi connectivity index (χ1v) is 24.7. The van der Waals surface area contributed by atoms with Crippen molar-refractivity contribution in [1.82, 2.24) is 15.1 Å². The summed E-state index contributed by atoms with van der Waals surface area (Å²) in [6.07, 6.45) is 8.05. The number of esters is 2. The van der Waals surface area contributed by atoms with Crippen LogP contribution >= 0.6 is 0 Å². The molecule has 3 N–H and O–H groups in total. The molecule has 0 radical (unpaired) electrons. The summed E-state index contributed by atoms with van der Waals surface area (Å²) in [7, 11) is 1.23. The van der Waals surface area contributed by atoms with E-state index in [4.69, 9.17) is 9.47 Å². The average molecular weight is 935 g/mol. The van der Waals surface area contributed by atoms with E-state index >= 15 is 19.2 Å². The van der Waals surface area contributed by atoms with Crippen LogP contribution in [0.25, 0.3) is 0 Å². The molecule has 69 heavy (non-hydrogen) atoms. The zero-order valence-corrected chi connectivity index (χ0v) is 39.6. The number of carbonyl (C=O) groups is 5. The highest BCUT2D eigenvalue weighted by Crippen LogP contribution is 2.66. The second-order valence-corrected chi connectivity index (χ2v) is 19.7. The number of phenolic OH excluding ortho intramolecular Hbond substituents is 1. The third-order valence-corrected chi connectivity index (χ3v) is 15.1. The number of benzene rings is 4. The molecule has 7 atom stereocenters. The van der Waals surface area contributed by atoms with E-state index < -0.39 is 82.9 Å². The van der Waals surface area contributed by atoms with E-state index in [9.17, 15) is 15.0 Å². The van der Waals surface area contributed by atoms with Crippen LogP contribution in [0.2, 0.25) is 0 Å². The summed E-state index contributed by atoms with van der Waals surface area (Å²) in [4.78, 5) is 81.6. The van der Waals surface area contributed by atoms with Gasteiger partial charge in [0.05, 0.1) is 30.8 Å². The van der Waals surface area contributed by atoms with Crippen molar-refractivity contribution in [2.24, 2.45) is 11.8 Å². The number of ether oxygens (including phenoxy) is 2. The maximum Gasteiger partial charge on any atom is 0.329 e. The standard InChI is InChI=1S/C56H62N4O9/c1-36(2)45(51(63)68-3)57-54(66)59-43-28-23-37(29-32-55(67)30-15-5-6-16-31-55)35-42(43)56(53(59)65)44(50(62)58-33-17-7-4-8-18-34-58)47-52(64)69-48(39-21-13-10-14-22-39)46(38-19-11-9-12-20-38)60(47)49(56)40-24-26-41(61)27-25-40/h9-14,19-28,35-36,44-49,61,67H,4-8,15-18,30-31,33-34H2,1-3H3,(H,57,66)/t44-,45-,46-,47-,48+,49+,56-/m0/s1. The molecule has 4 fully saturated rings. The molecule has 4 aromatic carbocycles. The molecule has 4 aliphatic heterocycles. The molecule has 1 aliphatic carbocycles. The first kappa shape index (κ1) is 47.6. The minimum absolute atomic E-state index is 0.0360. The van der Waals surface area contributed by atoms with Gasteiger partial charge in [0.25, 0.3) is 0 Å². The number of imide groups is 1. The van der Waals surface area contributed by atoms with Crippen LogP contribution in [-0.2, 0) is 34.1 Å². The van der Waals surface area contributed by atoms with Crippen molar-refractivity contribution in [2.75, 3.05) is 25.1 Å². The van der Waals surface area contributed by atoms with Crippen LogP contribution in [0.4, 0.5) is 10.5 Å². The molecule has 4 amide bonds. The lowest BCUT2D eigenvalue weighted by Gasteiger charge is -2.46. The predicted molar refractivity (Wildman–Crippen MR) is 258 cm³/mol. The minimum atomic E-state index is -2.04. The fourth-order valence-electron chi connectivity index (χ4n) is 11.7. The van der Waals surface area contributed by atoms with Crippen molar-refractivity contribution in [3.63, 3.8) is 0 Å². The molecule has 13 heteroatoms. The average Bonchev–Trinajstić information content (AvgIpc) is 3.68. The molecule has 0 aromatic heterocycles. The van der Waals surface area contributed by atoms with Crippen molar-refractivity contribution >= 4 is 35.5 Å². The lowest BCUT2D eigenvalue weighted by molar-refractivity contribution is -0.179. The van der Waals surface area contributed by atoms with Crippen molar-refractivity contribution in [3.8, 4) is 17.6 Å². The van der Waals surface area contributed by atoms with Gasteiger partial charge in [0, 0.05) is 18.7 Å². The van der Waals surface area contributed by atoms with Crippen LogP contribution in [-0.4, -0.2) is 87.7 Å². The molecular weight excluding hydrogens is 873 g/mol. The number of carbonyl (C=O) groups excluding carboxylic acids is 5. The Morgan fingerprint density at radius 2 is 1.38 bits per heavy atom. The van der Waals surface area contributed by atoms with E-state index in [1.807, 2.05) is 65.6 Å². The summed E-state index contributed by atoms with van der Waals surface area (Å²) in [5.74, 6) is 1.88. The van der Waals surface area contributed by atoms with Crippen LogP contribution < -0.4 is 10.2 Å². The number of nitrogens with zero attached hydrogens (tertiary/aromatic N) is 3. The number of fused-ring (bicyclic) bond motifs is 3. The van der Waals surface area contributed by atoms with E-state index in [0.717, 1.165) is 68.3 Å². The number of anilines is 1. The smallest absolute Gasteiger partial charge is 0.329 e. The molecule has 1 saturated carbocycles. The zero-order chi connectivity index (χ0) is 48.5. The lowest BCUT2D eigenvalue weighted by atomic mass is 9.64. The van der Waals surface area contributed by atoms with Crippen LogP contribution in [0.15, 0.2) is 103 Å². The number of nitrogens with one attached hydrogen (secondary N) is 1. The Hall–Kier alpha value is -6.49. The Morgan fingerprint density at radius 3 is 2.00 bits per heavy atom. The van der Waals surface area contributed by atoms with Crippen LogP contribution in [0.5, 0.6) is 5.75 Å². The van der Waals surface area contributed by atoms with Crippen molar-refractivity contribution in [2.45, 2.75) is 126 Å². The van der Waals surface area contributed by atoms with Gasteiger partial charge in [-0.15, -0.1) is 0 Å². The molecule has 13 nitrogen and oxygen atoms in total. The molecule has 360 valence electrons. The van der Waals surface area contributed by atoms with Crippen molar-refractivity contribution in [3.05, 3.63) is 131 Å². The van der Waals surface area contributed by atoms with Crippen LogP contribution in [0.1, 0.15) is 130 Å². The Morgan fingerprint density at radius 1 is 0.768 bits per heavy atom. The van der Waals surface area contributed by atoms with Gasteiger partial charge < -0.3 is 29.9 Å². The first-order valence-electron chi connectivity index (χ1n) is 24.7. The van der Waals surface area contributed by atoms with Crippen LogP contribution in [0, 0.1) is 23.7 Å². The summed E-state index contributed by atoms with van der Waals surface area (Å²) < 4.78 is 11.8. The first-order chi connectivity index (χ1) is 33.4. The summed E-state index contributed by atoms with van der Waals surface area (Å²) >= 11 is 0. The Bertz CT molecular complexity index is 2610. The normalized spacial score (nSPS) is 26.1. The molecule has 1 spiro atoms. The van der Waals surface area contributed by atoms with E-state index in [1.165, 1.54) is 19.2 Å². The van der Waals surface area contributed by atoms with Gasteiger partial charge in [-0.25, -0.2) is 14.5 Å². The van der Waals surface area contributed by atoms with E-state index in [-0.39, 0.29) is 17.0 Å². The highest BCUT2D eigenvalue weighted by Gasteiger charge is 2.76. The quantitative estimate of drug-likeness (QED) is 0.0935. The molecule has 3 saturated heterocycles. The Balaban J connectivity index is 1.35. The van der Waals surface area contributed by atoms with Gasteiger partial charge >= 0.3 is 18.0 Å². The van der Waals surface area contributed by atoms with Crippen molar-refractivity contribution < 1.29 is 43.7 Å². The topological polar surface area (TPSA) is 166 Å². The Labute approximate surface area is 404 Å². The number of hydrogen-bond acceptors (Lipinski definition) is 10. The number of aromatic hydroxyl groups is 1. The number of rotatable bonds is 7. The van der Waals surface area contributed by atoms with E-state index in [1.54, 1.807) is 49.1 Å². The SMILES string of the molecule is COC(=O)[C@@H](NC(=O)N1C(=O)[C@@]2(c3cc(C#CC4(O)CCCCCC4)ccc31)[C@H](C(=O)N1CCCCCCC1)[C@H]1C(=O)O[C@H](c3ccccc3)[C@H](c3ccccc3)N1[C@@H]2c1ccc(O)cc1)C(C)C. The number of methoxy groups -OCH3 is 1. The number of hydrogen-bond donors (Lipinski definition) is 3. The largest absolute Gasteiger partial charge is 0.508 e. The van der Waals surface area contributed by atoms with Gasteiger partial charge in [0.2, 0.25) is 11.8 Å². The minimum Gasteiger partial charge on any atom is -0.508 e. The summed E-state index contributed by atoms with van der Waals surface area (Å²) in [6.45, 7) is 4.30. The van der Waals surface area contributed by atoms with Gasteiger partial charge in [-0.1, -0.05) is 131 Å². The monoisotopic (exact) mass is 934 g/mol. The second-order valence-electron chi connectivity index (χ2n) is 19.7. The number of urea groups is 1. The number of amides is 4. The van der Waals surface area contributed by atoms with Gasteiger partial charge in [-0.05, 0) is 97.0 Å². The summed E-state index contributed by atoms with van der Waals surface area (Å²) in [6, 6.07) is 25.1. The fourth-order valence-corrected chi connectivity index (χ4v) is 11.7. The van der Waals surface area contributed by atoms with Gasteiger partial charge in [0.15, 0.2) is 0 Å². The molecule has 5 aliphatic rings. The number of cyclic esters (lactones) is 1. The molecule has 0 unspecified atom stereocenters. The molecule has 4 aromatic rings. The maximum atomic E-state index is 16.7. The molecular formula is C56H62N4O9. The highest BCUT2D eigenvalue weighted by molar-refractivity contribution is 6.25. The highest BCUT2D eigenvalue weighted by atomic mass is 16.6. The maximum absolute atomic E-state index is 16.7. The molecule has 9 rings (SSSR count). The van der Waals surface area contributed by atoms with Crippen molar-refractivity contribution in [1.29, 1.82) is 0 Å². The third-order valence-electron chi connectivity index (χ3n) is 15.1. The van der Waals surface area contributed by atoms with Gasteiger partial charge in [0.1, 0.15) is 35.0 Å². The predicted octanol–water partition coefficient (Wildman–Crippen LogP) is 8.19.